The van der Waals surface area contributed by atoms with E-state index in [1.165, 1.54) is 6.20 Å². The number of hydrogen-bond donors (Lipinski definition) is 0. The number of pyridine rings is 1. The van der Waals surface area contributed by atoms with Crippen molar-refractivity contribution < 1.29 is 8.78 Å². The number of rotatable bonds is 2. The van der Waals surface area contributed by atoms with Gasteiger partial charge in [0.25, 0.3) is 6.43 Å². The predicted molar refractivity (Wildman–Crippen MR) is 62.2 cm³/mol. The standard InChI is InChI=1S/C7H4Br2F2IN/c8-1-3-5(12)4(7(10)11)2-13-6(3)9/h2,7H,1H2. The minimum atomic E-state index is -2.47. The van der Waals surface area contributed by atoms with Gasteiger partial charge in [-0.2, -0.15) is 0 Å². The average molecular weight is 427 g/mol. The zero-order chi connectivity index (χ0) is 10.0. The molecule has 72 valence electrons. The van der Waals surface area contributed by atoms with E-state index in [2.05, 4.69) is 36.8 Å². The van der Waals surface area contributed by atoms with Crippen LogP contribution in [0.3, 0.4) is 0 Å². The summed E-state index contributed by atoms with van der Waals surface area (Å²) in [5.41, 5.74) is 0.747. The lowest BCUT2D eigenvalue weighted by Gasteiger charge is -2.08. The predicted octanol–water partition coefficient (Wildman–Crippen LogP) is 4.28. The van der Waals surface area contributed by atoms with Gasteiger partial charge < -0.3 is 0 Å². The van der Waals surface area contributed by atoms with Crippen LogP contribution < -0.4 is 0 Å². The fraction of sp³-hybridized carbons (Fsp3) is 0.286. The molecule has 0 bridgehead atoms. The van der Waals surface area contributed by atoms with Crippen LogP contribution in [0.5, 0.6) is 0 Å². The Labute approximate surface area is 105 Å². The van der Waals surface area contributed by atoms with Gasteiger partial charge in [-0.15, -0.1) is 0 Å². The molecule has 13 heavy (non-hydrogen) atoms. The number of halogens is 5. The molecule has 1 nitrogen and oxygen atoms in total. The van der Waals surface area contributed by atoms with E-state index in [1.54, 1.807) is 0 Å². The Balaban J connectivity index is 3.27. The maximum Gasteiger partial charge on any atom is 0.266 e. The van der Waals surface area contributed by atoms with Crippen LogP contribution in [0, 0.1) is 3.57 Å². The fourth-order valence-corrected chi connectivity index (χ4v) is 3.87. The Hall–Kier alpha value is 0.700. The van der Waals surface area contributed by atoms with Crippen molar-refractivity contribution in [3.63, 3.8) is 0 Å². The lowest BCUT2D eigenvalue weighted by atomic mass is 10.2. The fourth-order valence-electron chi connectivity index (χ4n) is 0.792. The van der Waals surface area contributed by atoms with Crippen LogP contribution in [0.15, 0.2) is 10.8 Å². The third-order valence-corrected chi connectivity index (χ3v) is 3.97. The van der Waals surface area contributed by atoms with Crippen LogP contribution in [0.25, 0.3) is 0 Å². The smallest absolute Gasteiger partial charge is 0.248 e. The Bertz CT molecular complexity index is 320. The van der Waals surface area contributed by atoms with E-state index < -0.39 is 6.43 Å². The Morgan fingerprint density at radius 3 is 2.62 bits per heavy atom. The third-order valence-electron chi connectivity index (χ3n) is 1.45. The molecule has 0 saturated carbocycles. The van der Waals surface area contributed by atoms with E-state index >= 15 is 0 Å². The van der Waals surface area contributed by atoms with Gasteiger partial charge in [0, 0.05) is 26.2 Å². The lowest BCUT2D eigenvalue weighted by Crippen LogP contribution is -1.97. The molecular formula is C7H4Br2F2IN. The van der Waals surface area contributed by atoms with Crippen molar-refractivity contribution in [2.75, 3.05) is 0 Å². The maximum atomic E-state index is 12.4. The monoisotopic (exact) mass is 425 g/mol. The van der Waals surface area contributed by atoms with Crippen molar-refractivity contribution in [3.05, 3.63) is 25.5 Å². The summed E-state index contributed by atoms with van der Waals surface area (Å²) in [6.45, 7) is 0. The molecule has 0 aliphatic heterocycles. The van der Waals surface area contributed by atoms with E-state index in [0.29, 0.717) is 13.5 Å². The Morgan fingerprint density at radius 2 is 2.15 bits per heavy atom. The molecule has 0 amide bonds. The minimum absolute atomic E-state index is 0.0155. The first kappa shape index (κ1) is 11.8. The van der Waals surface area contributed by atoms with E-state index in [9.17, 15) is 8.78 Å². The molecule has 0 aliphatic carbocycles. The number of hydrogen-bond acceptors (Lipinski definition) is 1. The summed E-state index contributed by atoms with van der Waals surface area (Å²) in [5.74, 6) is 0. The SMILES string of the molecule is FC(F)c1cnc(Br)c(CBr)c1I. The zero-order valence-electron chi connectivity index (χ0n) is 6.20. The molecule has 6 heteroatoms. The molecule has 1 aromatic heterocycles. The van der Waals surface area contributed by atoms with Gasteiger partial charge >= 0.3 is 0 Å². The van der Waals surface area contributed by atoms with Gasteiger partial charge in [-0.1, -0.05) is 15.9 Å². The Morgan fingerprint density at radius 1 is 1.54 bits per heavy atom. The summed E-state index contributed by atoms with van der Waals surface area (Å²) in [6.07, 6.45) is -1.27. The summed E-state index contributed by atoms with van der Waals surface area (Å²) in [6, 6.07) is 0. The van der Waals surface area contributed by atoms with Gasteiger partial charge in [-0.3, -0.25) is 0 Å². The zero-order valence-corrected chi connectivity index (χ0v) is 11.5. The largest absolute Gasteiger partial charge is 0.266 e. The van der Waals surface area contributed by atoms with Crippen molar-refractivity contribution in [1.82, 2.24) is 4.98 Å². The molecule has 0 aromatic carbocycles. The lowest BCUT2D eigenvalue weighted by molar-refractivity contribution is 0.150. The minimum Gasteiger partial charge on any atom is -0.248 e. The third kappa shape index (κ3) is 2.59. The topological polar surface area (TPSA) is 12.9 Å². The van der Waals surface area contributed by atoms with Gasteiger partial charge in [0.2, 0.25) is 0 Å². The Kier molecular flexibility index (Phi) is 4.50. The van der Waals surface area contributed by atoms with Gasteiger partial charge in [-0.05, 0) is 38.5 Å². The highest BCUT2D eigenvalue weighted by Crippen LogP contribution is 2.30. The second kappa shape index (κ2) is 4.97. The van der Waals surface area contributed by atoms with Crippen LogP contribution in [-0.2, 0) is 5.33 Å². The molecule has 1 heterocycles. The maximum absolute atomic E-state index is 12.4. The molecule has 1 rings (SSSR count). The van der Waals surface area contributed by atoms with Gasteiger partial charge in [0.1, 0.15) is 4.60 Å². The first-order chi connectivity index (χ1) is 6.07. The first-order valence-corrected chi connectivity index (χ1v) is 6.24. The van der Waals surface area contributed by atoms with Crippen molar-refractivity contribution >= 4 is 54.5 Å². The average Bonchev–Trinajstić information content (AvgIpc) is 2.04. The van der Waals surface area contributed by atoms with Crippen LogP contribution in [0.2, 0.25) is 0 Å². The van der Waals surface area contributed by atoms with E-state index in [4.69, 9.17) is 0 Å². The molecule has 0 N–H and O–H groups in total. The second-order valence-corrected chi connectivity index (χ2v) is 4.62. The van der Waals surface area contributed by atoms with E-state index in [0.717, 1.165) is 5.56 Å². The molecule has 0 atom stereocenters. The first-order valence-electron chi connectivity index (χ1n) is 3.24. The van der Waals surface area contributed by atoms with Gasteiger partial charge in [0.15, 0.2) is 0 Å². The summed E-state index contributed by atoms with van der Waals surface area (Å²) >= 11 is 8.32. The summed E-state index contributed by atoms with van der Waals surface area (Å²) < 4.78 is 26.0. The highest BCUT2D eigenvalue weighted by molar-refractivity contribution is 14.1. The van der Waals surface area contributed by atoms with Crippen LogP contribution in [0.4, 0.5) is 8.78 Å². The molecule has 0 spiro atoms. The number of nitrogens with zero attached hydrogens (tertiary/aromatic N) is 1. The normalized spacial score (nSPS) is 10.9. The van der Waals surface area contributed by atoms with Crippen LogP contribution in [0.1, 0.15) is 17.6 Å². The highest BCUT2D eigenvalue weighted by Gasteiger charge is 2.16. The molecule has 0 fully saturated rings. The van der Waals surface area contributed by atoms with Crippen LogP contribution >= 0.6 is 54.5 Å². The van der Waals surface area contributed by atoms with Crippen LogP contribution in [-0.4, -0.2) is 4.98 Å². The summed E-state index contributed by atoms with van der Waals surface area (Å²) in [5, 5.41) is 0.513. The van der Waals surface area contributed by atoms with Crippen molar-refractivity contribution in [3.8, 4) is 0 Å². The van der Waals surface area contributed by atoms with E-state index in [1.807, 2.05) is 22.6 Å². The molecular weight excluding hydrogens is 423 g/mol. The van der Waals surface area contributed by atoms with Crippen molar-refractivity contribution in [2.45, 2.75) is 11.8 Å². The van der Waals surface area contributed by atoms with Crippen molar-refractivity contribution in [2.24, 2.45) is 0 Å². The molecule has 0 radical (unpaired) electrons. The number of alkyl halides is 3. The quantitative estimate of drug-likeness (QED) is 0.391. The highest BCUT2D eigenvalue weighted by atomic mass is 127. The second-order valence-electron chi connectivity index (χ2n) is 2.23. The molecule has 0 unspecified atom stereocenters. The molecule has 0 aliphatic rings. The molecule has 1 aromatic rings. The van der Waals surface area contributed by atoms with Gasteiger partial charge in [0.05, 0.1) is 0 Å². The number of aromatic nitrogens is 1. The van der Waals surface area contributed by atoms with Gasteiger partial charge in [-0.25, -0.2) is 13.8 Å². The van der Waals surface area contributed by atoms with Crippen molar-refractivity contribution in [1.29, 1.82) is 0 Å². The summed E-state index contributed by atoms with van der Waals surface area (Å²) in [7, 11) is 0. The summed E-state index contributed by atoms with van der Waals surface area (Å²) in [4.78, 5) is 3.83. The van der Waals surface area contributed by atoms with E-state index in [-0.39, 0.29) is 5.56 Å². The molecule has 0 saturated heterocycles.